The van der Waals surface area contributed by atoms with E-state index in [4.69, 9.17) is 0 Å². The Balaban J connectivity index is 2.04. The first-order chi connectivity index (χ1) is 15.6. The molecule has 0 saturated heterocycles. The van der Waals surface area contributed by atoms with Gasteiger partial charge in [0, 0.05) is 18.3 Å². The molecule has 0 fully saturated rings. The molecule has 0 radical (unpaired) electrons. The van der Waals surface area contributed by atoms with E-state index in [1.54, 1.807) is 6.07 Å². The summed E-state index contributed by atoms with van der Waals surface area (Å²) in [5, 5.41) is 33.8. The van der Waals surface area contributed by atoms with Gasteiger partial charge in [-0.1, -0.05) is 54.6 Å². The number of rotatable bonds is 9. The highest BCUT2D eigenvalue weighted by Crippen LogP contribution is 2.19. The highest BCUT2D eigenvalue weighted by Gasteiger charge is 2.21. The first-order valence-corrected chi connectivity index (χ1v) is 10.8. The van der Waals surface area contributed by atoms with Gasteiger partial charge >= 0.3 is 7.12 Å². The summed E-state index contributed by atoms with van der Waals surface area (Å²) in [5.41, 5.74) is 1.92. The minimum absolute atomic E-state index is 0.00748. The van der Waals surface area contributed by atoms with E-state index in [2.05, 4.69) is 10.6 Å². The lowest BCUT2D eigenvalue weighted by molar-refractivity contribution is -0.121. The molecule has 0 aliphatic heterocycles. The SMILES string of the molecule is CC(C)(C)NC(=O)C(C#N)=Cc1cccc(CCC(=O)N[C@@H](CB(O)O)c2ccccc2)c1. The fourth-order valence-electron chi connectivity index (χ4n) is 3.26. The number of amides is 2. The fraction of sp³-hybridized carbons (Fsp3) is 0.320. The lowest BCUT2D eigenvalue weighted by Crippen LogP contribution is -2.41. The smallest absolute Gasteiger partial charge is 0.427 e. The normalized spacial score (nSPS) is 12.4. The molecular formula is C25H30BN3O4. The zero-order valence-corrected chi connectivity index (χ0v) is 19.2. The molecule has 0 aromatic heterocycles. The molecule has 172 valence electrons. The van der Waals surface area contributed by atoms with Crippen LogP contribution in [0.3, 0.4) is 0 Å². The summed E-state index contributed by atoms with van der Waals surface area (Å²) in [5.74, 6) is -0.652. The average Bonchev–Trinajstić information content (AvgIpc) is 2.75. The van der Waals surface area contributed by atoms with Gasteiger partial charge in [-0.3, -0.25) is 9.59 Å². The van der Waals surface area contributed by atoms with Gasteiger partial charge in [-0.2, -0.15) is 5.26 Å². The van der Waals surface area contributed by atoms with E-state index in [0.717, 1.165) is 11.1 Å². The van der Waals surface area contributed by atoms with Crippen LogP contribution in [0.15, 0.2) is 60.2 Å². The maximum Gasteiger partial charge on any atom is 0.453 e. The Morgan fingerprint density at radius 2 is 1.82 bits per heavy atom. The molecule has 0 unspecified atom stereocenters. The van der Waals surface area contributed by atoms with Crippen LogP contribution in [0.2, 0.25) is 6.32 Å². The predicted octanol–water partition coefficient (Wildman–Crippen LogP) is 2.77. The quantitative estimate of drug-likeness (QED) is 0.268. The van der Waals surface area contributed by atoms with Crippen molar-refractivity contribution in [1.82, 2.24) is 10.6 Å². The zero-order valence-electron chi connectivity index (χ0n) is 19.2. The summed E-state index contributed by atoms with van der Waals surface area (Å²) in [6, 6.07) is 17.9. The van der Waals surface area contributed by atoms with Crippen molar-refractivity contribution >= 4 is 25.0 Å². The number of carbonyl (C=O) groups excluding carboxylic acids is 2. The van der Waals surface area contributed by atoms with E-state index in [-0.39, 0.29) is 24.2 Å². The standard InChI is InChI=1S/C25H30BN3O4/c1-25(2,3)29-24(31)21(17-27)15-19-9-7-8-18(14-19)12-13-23(30)28-22(16-26(32)33)20-10-5-4-6-11-20/h4-11,14-15,22,32-33H,12-13,16H2,1-3H3,(H,28,30)(H,29,31)/t22-/m0/s1. The Hall–Kier alpha value is -3.41. The van der Waals surface area contributed by atoms with Crippen LogP contribution < -0.4 is 10.6 Å². The highest BCUT2D eigenvalue weighted by atomic mass is 16.4. The van der Waals surface area contributed by atoms with Gasteiger partial charge in [-0.15, -0.1) is 0 Å². The van der Waals surface area contributed by atoms with Crippen LogP contribution >= 0.6 is 0 Å². The van der Waals surface area contributed by atoms with Crippen LogP contribution in [0.4, 0.5) is 0 Å². The van der Waals surface area contributed by atoms with Gasteiger partial charge in [0.15, 0.2) is 0 Å². The van der Waals surface area contributed by atoms with Gasteiger partial charge in [0.05, 0.1) is 6.04 Å². The molecule has 0 aliphatic rings. The molecule has 0 spiro atoms. The van der Waals surface area contributed by atoms with Crippen molar-refractivity contribution in [1.29, 1.82) is 5.26 Å². The summed E-state index contributed by atoms with van der Waals surface area (Å²) in [6.45, 7) is 5.53. The van der Waals surface area contributed by atoms with Gasteiger partial charge in [0.1, 0.15) is 11.6 Å². The topological polar surface area (TPSA) is 122 Å². The fourth-order valence-corrected chi connectivity index (χ4v) is 3.26. The van der Waals surface area contributed by atoms with Gasteiger partial charge < -0.3 is 20.7 Å². The van der Waals surface area contributed by atoms with E-state index in [1.165, 1.54) is 6.08 Å². The van der Waals surface area contributed by atoms with Crippen LogP contribution in [0.25, 0.3) is 6.08 Å². The van der Waals surface area contributed by atoms with Crippen molar-refractivity contribution in [3.63, 3.8) is 0 Å². The summed E-state index contributed by atoms with van der Waals surface area (Å²) >= 11 is 0. The molecule has 2 aromatic rings. The second-order valence-corrected chi connectivity index (χ2v) is 8.87. The molecular weight excluding hydrogens is 417 g/mol. The first-order valence-electron chi connectivity index (χ1n) is 10.8. The largest absolute Gasteiger partial charge is 0.453 e. The third kappa shape index (κ3) is 9.32. The highest BCUT2D eigenvalue weighted by molar-refractivity contribution is 6.41. The lowest BCUT2D eigenvalue weighted by atomic mass is 9.79. The number of hydrogen-bond acceptors (Lipinski definition) is 5. The monoisotopic (exact) mass is 447 g/mol. The van der Waals surface area contributed by atoms with Crippen molar-refractivity contribution in [2.24, 2.45) is 0 Å². The van der Waals surface area contributed by atoms with E-state index in [9.17, 15) is 24.9 Å². The Morgan fingerprint density at radius 3 is 2.42 bits per heavy atom. The van der Waals surface area contributed by atoms with Crippen molar-refractivity contribution in [2.75, 3.05) is 0 Å². The lowest BCUT2D eigenvalue weighted by Gasteiger charge is -2.20. The van der Waals surface area contributed by atoms with E-state index >= 15 is 0 Å². The van der Waals surface area contributed by atoms with Crippen molar-refractivity contribution < 1.29 is 19.6 Å². The number of benzene rings is 2. The first kappa shape index (κ1) is 25.9. The summed E-state index contributed by atoms with van der Waals surface area (Å²) in [7, 11) is -1.54. The number of carbonyl (C=O) groups is 2. The third-order valence-electron chi connectivity index (χ3n) is 4.74. The summed E-state index contributed by atoms with van der Waals surface area (Å²) in [6.07, 6.45) is 2.17. The zero-order chi connectivity index (χ0) is 24.4. The third-order valence-corrected chi connectivity index (χ3v) is 4.74. The molecule has 2 aromatic carbocycles. The predicted molar refractivity (Wildman–Crippen MR) is 129 cm³/mol. The number of aryl methyl sites for hydroxylation is 1. The van der Waals surface area contributed by atoms with E-state index in [0.29, 0.717) is 12.0 Å². The molecule has 4 N–H and O–H groups in total. The van der Waals surface area contributed by atoms with Gasteiger partial charge in [0.2, 0.25) is 5.91 Å². The Kier molecular flexibility index (Phi) is 9.40. The average molecular weight is 447 g/mol. The molecule has 7 nitrogen and oxygen atoms in total. The summed E-state index contributed by atoms with van der Waals surface area (Å²) < 4.78 is 0. The molecule has 1 atom stereocenters. The minimum Gasteiger partial charge on any atom is -0.427 e. The molecule has 2 rings (SSSR count). The number of nitrogens with one attached hydrogen (secondary N) is 2. The number of nitrogens with zero attached hydrogens (tertiary/aromatic N) is 1. The van der Waals surface area contributed by atoms with Gasteiger partial charge in [-0.25, -0.2) is 0 Å². The van der Waals surface area contributed by atoms with Crippen LogP contribution in [-0.4, -0.2) is 34.5 Å². The molecule has 0 bridgehead atoms. The van der Waals surface area contributed by atoms with Gasteiger partial charge in [-0.05, 0) is 50.0 Å². The Bertz CT molecular complexity index is 1020. The Morgan fingerprint density at radius 1 is 1.12 bits per heavy atom. The second-order valence-electron chi connectivity index (χ2n) is 8.87. The van der Waals surface area contributed by atoms with Crippen LogP contribution in [0, 0.1) is 11.3 Å². The van der Waals surface area contributed by atoms with Crippen LogP contribution in [-0.2, 0) is 16.0 Å². The van der Waals surface area contributed by atoms with E-state index in [1.807, 2.05) is 75.4 Å². The van der Waals surface area contributed by atoms with Crippen molar-refractivity contribution in [2.45, 2.75) is 51.5 Å². The summed E-state index contributed by atoms with van der Waals surface area (Å²) in [4.78, 5) is 24.8. The maximum atomic E-state index is 12.5. The Labute approximate surface area is 195 Å². The van der Waals surface area contributed by atoms with Gasteiger partial charge in [0.25, 0.3) is 5.91 Å². The molecule has 0 heterocycles. The maximum absolute atomic E-state index is 12.5. The minimum atomic E-state index is -1.54. The second kappa shape index (κ2) is 12.0. The van der Waals surface area contributed by atoms with Crippen LogP contribution in [0.1, 0.15) is 49.9 Å². The molecule has 0 aliphatic carbocycles. The molecule has 2 amide bonds. The van der Waals surface area contributed by atoms with Crippen LogP contribution in [0.5, 0.6) is 0 Å². The number of hydrogen-bond donors (Lipinski definition) is 4. The van der Waals surface area contributed by atoms with Crippen molar-refractivity contribution in [3.8, 4) is 6.07 Å². The number of nitriles is 1. The molecule has 0 saturated carbocycles. The van der Waals surface area contributed by atoms with E-state index < -0.39 is 24.6 Å². The molecule has 8 heteroatoms. The van der Waals surface area contributed by atoms with Crippen molar-refractivity contribution in [3.05, 3.63) is 76.9 Å². The molecule has 33 heavy (non-hydrogen) atoms.